The summed E-state index contributed by atoms with van der Waals surface area (Å²) >= 11 is 0. The van der Waals surface area contributed by atoms with Crippen molar-refractivity contribution < 1.29 is 14.3 Å². The first-order chi connectivity index (χ1) is 16.7. The molecule has 1 heterocycles. The van der Waals surface area contributed by atoms with Crippen molar-refractivity contribution in [1.29, 1.82) is 0 Å². The van der Waals surface area contributed by atoms with Crippen molar-refractivity contribution in [1.82, 2.24) is 15.5 Å². The lowest BCUT2D eigenvalue weighted by molar-refractivity contribution is -0.123. The molecule has 0 radical (unpaired) electrons. The van der Waals surface area contributed by atoms with Gasteiger partial charge < -0.3 is 15.4 Å². The zero-order chi connectivity index (χ0) is 23.6. The highest BCUT2D eigenvalue weighted by molar-refractivity contribution is 5.86. The van der Waals surface area contributed by atoms with E-state index in [0.717, 1.165) is 37.2 Å². The maximum Gasteiger partial charge on any atom is 0.408 e. The van der Waals surface area contributed by atoms with Gasteiger partial charge in [0.05, 0.1) is 0 Å². The SMILES string of the molecule is O=C(N[C@H](Cc1ccccc1)C(=O)N[C@@H]1CCN(Cc2ccccc2)C1)OCc1ccccc1. The number of hydrogen-bond acceptors (Lipinski definition) is 4. The molecule has 0 saturated carbocycles. The minimum Gasteiger partial charge on any atom is -0.445 e. The largest absolute Gasteiger partial charge is 0.445 e. The van der Waals surface area contributed by atoms with Gasteiger partial charge >= 0.3 is 6.09 Å². The average molecular weight is 458 g/mol. The van der Waals surface area contributed by atoms with E-state index in [0.29, 0.717) is 6.42 Å². The van der Waals surface area contributed by atoms with Crippen LogP contribution in [-0.2, 0) is 29.1 Å². The van der Waals surface area contributed by atoms with Gasteiger partial charge in [0.25, 0.3) is 0 Å². The molecule has 0 aromatic heterocycles. The maximum atomic E-state index is 13.2. The van der Waals surface area contributed by atoms with E-state index in [9.17, 15) is 9.59 Å². The molecule has 3 aromatic rings. The molecule has 1 fully saturated rings. The fraction of sp³-hybridized carbons (Fsp3) is 0.286. The van der Waals surface area contributed by atoms with Crippen LogP contribution in [-0.4, -0.2) is 42.1 Å². The molecular weight excluding hydrogens is 426 g/mol. The minimum absolute atomic E-state index is 0.0524. The van der Waals surface area contributed by atoms with E-state index in [4.69, 9.17) is 4.74 Å². The molecule has 1 aliphatic heterocycles. The minimum atomic E-state index is -0.714. The summed E-state index contributed by atoms with van der Waals surface area (Å²) in [5.74, 6) is -0.188. The number of rotatable bonds is 9. The molecule has 0 aliphatic carbocycles. The van der Waals surface area contributed by atoms with Crippen molar-refractivity contribution in [2.24, 2.45) is 0 Å². The van der Waals surface area contributed by atoms with Gasteiger partial charge in [-0.2, -0.15) is 0 Å². The van der Waals surface area contributed by atoms with Gasteiger partial charge in [-0.3, -0.25) is 9.69 Å². The topological polar surface area (TPSA) is 70.7 Å². The molecule has 34 heavy (non-hydrogen) atoms. The van der Waals surface area contributed by atoms with Crippen LogP contribution in [0.4, 0.5) is 4.79 Å². The number of benzene rings is 3. The first-order valence-electron chi connectivity index (χ1n) is 11.7. The van der Waals surface area contributed by atoms with E-state index in [-0.39, 0.29) is 18.6 Å². The predicted molar refractivity (Wildman–Crippen MR) is 132 cm³/mol. The molecule has 176 valence electrons. The fourth-order valence-corrected chi connectivity index (χ4v) is 4.20. The van der Waals surface area contributed by atoms with Gasteiger partial charge in [-0.1, -0.05) is 91.0 Å². The van der Waals surface area contributed by atoms with Crippen molar-refractivity contribution in [3.8, 4) is 0 Å². The van der Waals surface area contributed by atoms with Crippen molar-refractivity contribution in [2.45, 2.75) is 38.1 Å². The number of likely N-dealkylation sites (tertiary alicyclic amines) is 1. The molecule has 2 N–H and O–H groups in total. The lowest BCUT2D eigenvalue weighted by Gasteiger charge is -2.22. The third-order valence-corrected chi connectivity index (χ3v) is 5.97. The van der Waals surface area contributed by atoms with E-state index < -0.39 is 12.1 Å². The summed E-state index contributed by atoms with van der Waals surface area (Å²) in [6, 6.07) is 28.8. The summed E-state index contributed by atoms with van der Waals surface area (Å²) in [6.07, 6.45) is 0.680. The Morgan fingerprint density at radius 3 is 2.09 bits per heavy atom. The lowest BCUT2D eigenvalue weighted by Crippen LogP contribution is -2.51. The van der Waals surface area contributed by atoms with Crippen molar-refractivity contribution >= 4 is 12.0 Å². The summed E-state index contributed by atoms with van der Waals surface area (Å²) < 4.78 is 5.36. The molecule has 6 heteroatoms. The highest BCUT2D eigenvalue weighted by Gasteiger charge is 2.28. The maximum absolute atomic E-state index is 13.2. The van der Waals surface area contributed by atoms with E-state index >= 15 is 0 Å². The number of nitrogens with zero attached hydrogens (tertiary/aromatic N) is 1. The van der Waals surface area contributed by atoms with Crippen LogP contribution < -0.4 is 10.6 Å². The van der Waals surface area contributed by atoms with Gasteiger partial charge in [-0.25, -0.2) is 4.79 Å². The first-order valence-corrected chi connectivity index (χ1v) is 11.7. The normalized spacial score (nSPS) is 16.5. The van der Waals surface area contributed by atoms with Crippen LogP contribution in [0.1, 0.15) is 23.1 Å². The average Bonchev–Trinajstić information content (AvgIpc) is 3.30. The Balaban J connectivity index is 1.33. The number of amides is 2. The molecule has 0 unspecified atom stereocenters. The Morgan fingerprint density at radius 1 is 0.853 bits per heavy atom. The molecule has 4 rings (SSSR count). The first kappa shape index (κ1) is 23.5. The van der Waals surface area contributed by atoms with Crippen LogP contribution >= 0.6 is 0 Å². The van der Waals surface area contributed by atoms with Gasteiger partial charge in [-0.05, 0) is 23.1 Å². The second kappa shape index (κ2) is 12.0. The Morgan fingerprint density at radius 2 is 1.44 bits per heavy atom. The summed E-state index contributed by atoms with van der Waals surface area (Å²) in [4.78, 5) is 28.0. The second-order valence-corrected chi connectivity index (χ2v) is 8.66. The van der Waals surface area contributed by atoms with Crippen LogP contribution in [0, 0.1) is 0 Å². The van der Waals surface area contributed by atoms with Crippen LogP contribution in [0.2, 0.25) is 0 Å². The van der Waals surface area contributed by atoms with Gasteiger partial charge in [0.2, 0.25) is 5.91 Å². The quantitative estimate of drug-likeness (QED) is 0.511. The monoisotopic (exact) mass is 457 g/mol. The number of carbonyl (C=O) groups is 2. The predicted octanol–water partition coefficient (Wildman–Crippen LogP) is 3.91. The number of nitrogens with one attached hydrogen (secondary N) is 2. The molecule has 6 nitrogen and oxygen atoms in total. The molecule has 1 saturated heterocycles. The van der Waals surface area contributed by atoms with Crippen LogP contribution in [0.5, 0.6) is 0 Å². The Bertz CT molecular complexity index is 1040. The third kappa shape index (κ3) is 7.18. The zero-order valence-corrected chi connectivity index (χ0v) is 19.2. The molecule has 2 atom stereocenters. The van der Waals surface area contributed by atoms with Crippen LogP contribution in [0.3, 0.4) is 0 Å². The van der Waals surface area contributed by atoms with Gasteiger partial charge in [0, 0.05) is 32.1 Å². The molecule has 2 amide bonds. The highest BCUT2D eigenvalue weighted by Crippen LogP contribution is 2.14. The van der Waals surface area contributed by atoms with Gasteiger partial charge in [0.15, 0.2) is 0 Å². The van der Waals surface area contributed by atoms with Gasteiger partial charge in [0.1, 0.15) is 12.6 Å². The van der Waals surface area contributed by atoms with Crippen molar-refractivity contribution in [2.75, 3.05) is 13.1 Å². The zero-order valence-electron chi connectivity index (χ0n) is 19.2. The molecular formula is C28H31N3O3. The van der Waals surface area contributed by atoms with Crippen molar-refractivity contribution in [3.63, 3.8) is 0 Å². The standard InChI is InChI=1S/C28H31N3O3/c32-27(29-25-16-17-31(20-25)19-23-12-6-2-7-13-23)26(18-22-10-4-1-5-11-22)30-28(33)34-21-24-14-8-3-9-15-24/h1-15,25-26H,16-21H2,(H,29,32)(H,30,33)/t25-,26-/m1/s1. The Kier molecular flexibility index (Phi) is 8.30. The van der Waals surface area contributed by atoms with E-state index in [2.05, 4.69) is 27.7 Å². The Labute approximate surface area is 200 Å². The molecule has 0 bridgehead atoms. The highest BCUT2D eigenvalue weighted by atomic mass is 16.5. The fourth-order valence-electron chi connectivity index (χ4n) is 4.20. The summed E-state index contributed by atoms with van der Waals surface area (Å²) in [5.41, 5.74) is 3.13. The second-order valence-electron chi connectivity index (χ2n) is 8.66. The van der Waals surface area contributed by atoms with E-state index in [1.807, 2.05) is 78.9 Å². The number of hydrogen-bond donors (Lipinski definition) is 2. The van der Waals surface area contributed by atoms with E-state index in [1.165, 1.54) is 5.56 Å². The lowest BCUT2D eigenvalue weighted by atomic mass is 10.0. The summed E-state index contributed by atoms with van der Waals surface area (Å²) in [6.45, 7) is 2.74. The Hall–Kier alpha value is -3.64. The number of ether oxygens (including phenoxy) is 1. The summed E-state index contributed by atoms with van der Waals surface area (Å²) in [7, 11) is 0. The molecule has 1 aliphatic rings. The van der Waals surface area contributed by atoms with Crippen LogP contribution in [0.15, 0.2) is 91.0 Å². The van der Waals surface area contributed by atoms with Crippen molar-refractivity contribution in [3.05, 3.63) is 108 Å². The third-order valence-electron chi connectivity index (χ3n) is 5.97. The number of carbonyl (C=O) groups excluding carboxylic acids is 2. The van der Waals surface area contributed by atoms with Crippen LogP contribution in [0.25, 0.3) is 0 Å². The molecule has 3 aromatic carbocycles. The molecule has 0 spiro atoms. The van der Waals surface area contributed by atoms with E-state index in [1.54, 1.807) is 0 Å². The summed E-state index contributed by atoms with van der Waals surface area (Å²) in [5, 5.41) is 5.92. The number of alkyl carbamates (subject to hydrolysis) is 1. The van der Waals surface area contributed by atoms with Gasteiger partial charge in [-0.15, -0.1) is 0 Å². The smallest absolute Gasteiger partial charge is 0.408 e.